The Morgan fingerprint density at radius 2 is 1.79 bits per heavy atom. The molecular formula is C20H25FN2O. The van der Waals surface area contributed by atoms with E-state index in [0.717, 1.165) is 31.7 Å². The Kier molecular flexibility index (Phi) is 5.36. The van der Waals surface area contributed by atoms with Crippen molar-refractivity contribution in [1.29, 1.82) is 0 Å². The topological polar surface area (TPSA) is 38.5 Å². The number of anilines is 1. The molecule has 0 aliphatic carbocycles. The highest BCUT2D eigenvalue weighted by Crippen LogP contribution is 2.26. The standard InChI is InChI=1S/C20H25FN2O/c1-2-24-20-9-7-19(8-10-20)23-13-16(12-18(22)14-23)11-15-3-5-17(21)6-4-15/h3-10,16,18H,2,11-14,22H2,1H3. The van der Waals surface area contributed by atoms with Crippen molar-refractivity contribution >= 4 is 5.69 Å². The van der Waals surface area contributed by atoms with Crippen molar-refractivity contribution in [1.82, 2.24) is 0 Å². The Balaban J connectivity index is 1.67. The Morgan fingerprint density at radius 3 is 2.46 bits per heavy atom. The molecule has 0 amide bonds. The summed E-state index contributed by atoms with van der Waals surface area (Å²) in [6.07, 6.45) is 1.94. The molecular weight excluding hydrogens is 303 g/mol. The lowest BCUT2D eigenvalue weighted by Crippen LogP contribution is -2.47. The van der Waals surface area contributed by atoms with Crippen molar-refractivity contribution in [2.24, 2.45) is 11.7 Å². The van der Waals surface area contributed by atoms with Crippen LogP contribution < -0.4 is 15.4 Å². The van der Waals surface area contributed by atoms with Crippen LogP contribution in [0.2, 0.25) is 0 Å². The van der Waals surface area contributed by atoms with E-state index in [1.807, 2.05) is 31.2 Å². The van der Waals surface area contributed by atoms with Crippen LogP contribution in [0.3, 0.4) is 0 Å². The Bertz CT molecular complexity index is 642. The van der Waals surface area contributed by atoms with E-state index in [1.165, 1.54) is 23.4 Å². The first-order chi connectivity index (χ1) is 11.6. The van der Waals surface area contributed by atoms with Gasteiger partial charge in [-0.25, -0.2) is 4.39 Å². The third kappa shape index (κ3) is 4.26. The fourth-order valence-corrected chi connectivity index (χ4v) is 3.48. The average molecular weight is 328 g/mol. The second-order valence-corrected chi connectivity index (χ2v) is 6.52. The van der Waals surface area contributed by atoms with E-state index < -0.39 is 0 Å². The maximum Gasteiger partial charge on any atom is 0.123 e. The van der Waals surface area contributed by atoms with Crippen LogP contribution in [0, 0.1) is 11.7 Å². The fraction of sp³-hybridized carbons (Fsp3) is 0.400. The minimum atomic E-state index is -0.185. The van der Waals surface area contributed by atoms with E-state index >= 15 is 0 Å². The quantitative estimate of drug-likeness (QED) is 0.911. The van der Waals surface area contributed by atoms with E-state index in [-0.39, 0.29) is 11.9 Å². The minimum absolute atomic E-state index is 0.163. The van der Waals surface area contributed by atoms with Gasteiger partial charge in [-0.15, -0.1) is 0 Å². The summed E-state index contributed by atoms with van der Waals surface area (Å²) in [5.74, 6) is 1.19. The molecule has 1 aliphatic heterocycles. The van der Waals surface area contributed by atoms with Crippen molar-refractivity contribution in [2.75, 3.05) is 24.6 Å². The van der Waals surface area contributed by atoms with Crippen LogP contribution in [0.25, 0.3) is 0 Å². The lowest BCUT2D eigenvalue weighted by molar-refractivity contribution is 0.340. The van der Waals surface area contributed by atoms with Gasteiger partial charge in [-0.3, -0.25) is 0 Å². The summed E-state index contributed by atoms with van der Waals surface area (Å²) in [4.78, 5) is 2.35. The Labute approximate surface area is 143 Å². The third-order valence-corrected chi connectivity index (χ3v) is 4.52. The van der Waals surface area contributed by atoms with Crippen LogP contribution in [0.5, 0.6) is 5.75 Å². The number of ether oxygens (including phenoxy) is 1. The molecule has 4 heteroatoms. The molecule has 2 unspecified atom stereocenters. The van der Waals surface area contributed by atoms with Crippen molar-refractivity contribution in [3.8, 4) is 5.75 Å². The highest BCUT2D eigenvalue weighted by atomic mass is 19.1. The molecule has 3 rings (SSSR count). The summed E-state index contributed by atoms with van der Waals surface area (Å²) in [7, 11) is 0. The zero-order valence-electron chi connectivity index (χ0n) is 14.1. The summed E-state index contributed by atoms with van der Waals surface area (Å²) in [6.45, 7) is 4.50. The molecule has 0 bridgehead atoms. The zero-order valence-corrected chi connectivity index (χ0v) is 14.1. The van der Waals surface area contributed by atoms with Gasteiger partial charge in [0, 0.05) is 24.8 Å². The highest BCUT2D eigenvalue weighted by molar-refractivity contribution is 5.49. The number of nitrogens with two attached hydrogens (primary N) is 1. The summed E-state index contributed by atoms with van der Waals surface area (Å²) in [6, 6.07) is 15.2. The highest BCUT2D eigenvalue weighted by Gasteiger charge is 2.25. The number of hydrogen-bond acceptors (Lipinski definition) is 3. The minimum Gasteiger partial charge on any atom is -0.494 e. The molecule has 24 heavy (non-hydrogen) atoms. The summed E-state index contributed by atoms with van der Waals surface area (Å²) in [5.41, 5.74) is 8.63. The average Bonchev–Trinajstić information content (AvgIpc) is 2.57. The molecule has 1 fully saturated rings. The van der Waals surface area contributed by atoms with Gasteiger partial charge in [0.15, 0.2) is 0 Å². The molecule has 1 saturated heterocycles. The van der Waals surface area contributed by atoms with Gasteiger partial charge in [0.05, 0.1) is 6.61 Å². The molecule has 1 heterocycles. The van der Waals surface area contributed by atoms with E-state index in [2.05, 4.69) is 17.0 Å². The van der Waals surface area contributed by atoms with Crippen LogP contribution in [0.1, 0.15) is 18.9 Å². The van der Waals surface area contributed by atoms with E-state index in [0.29, 0.717) is 12.5 Å². The molecule has 2 N–H and O–H groups in total. The molecule has 2 aromatic carbocycles. The van der Waals surface area contributed by atoms with Gasteiger partial charge in [-0.05, 0) is 67.6 Å². The summed E-state index contributed by atoms with van der Waals surface area (Å²) >= 11 is 0. The number of halogens is 1. The Hall–Kier alpha value is -2.07. The first-order valence-electron chi connectivity index (χ1n) is 8.62. The van der Waals surface area contributed by atoms with Gasteiger partial charge in [-0.1, -0.05) is 12.1 Å². The maximum absolute atomic E-state index is 13.1. The number of hydrogen-bond donors (Lipinski definition) is 1. The lowest BCUT2D eigenvalue weighted by atomic mass is 9.89. The van der Waals surface area contributed by atoms with E-state index in [9.17, 15) is 4.39 Å². The molecule has 2 aromatic rings. The maximum atomic E-state index is 13.1. The van der Waals surface area contributed by atoms with Crippen LogP contribution in [-0.4, -0.2) is 25.7 Å². The molecule has 2 atom stereocenters. The largest absolute Gasteiger partial charge is 0.494 e. The zero-order chi connectivity index (χ0) is 16.9. The van der Waals surface area contributed by atoms with Crippen molar-refractivity contribution in [3.05, 3.63) is 59.9 Å². The number of rotatable bonds is 5. The lowest BCUT2D eigenvalue weighted by Gasteiger charge is -2.38. The molecule has 3 nitrogen and oxygen atoms in total. The van der Waals surface area contributed by atoms with Crippen molar-refractivity contribution in [3.63, 3.8) is 0 Å². The van der Waals surface area contributed by atoms with Gasteiger partial charge in [0.2, 0.25) is 0 Å². The first-order valence-corrected chi connectivity index (χ1v) is 8.62. The van der Waals surface area contributed by atoms with Crippen LogP contribution in [0.15, 0.2) is 48.5 Å². The predicted octanol–water partition coefficient (Wildman–Crippen LogP) is 3.62. The van der Waals surface area contributed by atoms with Crippen molar-refractivity contribution in [2.45, 2.75) is 25.8 Å². The van der Waals surface area contributed by atoms with Gasteiger partial charge < -0.3 is 15.4 Å². The van der Waals surface area contributed by atoms with Gasteiger partial charge in [0.25, 0.3) is 0 Å². The number of benzene rings is 2. The van der Waals surface area contributed by atoms with E-state index in [1.54, 1.807) is 0 Å². The monoisotopic (exact) mass is 328 g/mol. The van der Waals surface area contributed by atoms with Gasteiger partial charge >= 0.3 is 0 Å². The third-order valence-electron chi connectivity index (χ3n) is 4.52. The number of nitrogens with zero attached hydrogens (tertiary/aromatic N) is 1. The van der Waals surface area contributed by atoms with Crippen LogP contribution in [-0.2, 0) is 6.42 Å². The summed E-state index contributed by atoms with van der Waals surface area (Å²) in [5, 5.41) is 0. The summed E-state index contributed by atoms with van der Waals surface area (Å²) < 4.78 is 18.6. The smallest absolute Gasteiger partial charge is 0.123 e. The SMILES string of the molecule is CCOc1ccc(N2CC(N)CC(Cc3ccc(F)cc3)C2)cc1. The molecule has 0 aromatic heterocycles. The van der Waals surface area contributed by atoms with Gasteiger partial charge in [0.1, 0.15) is 11.6 Å². The molecule has 0 spiro atoms. The van der Waals surface area contributed by atoms with E-state index in [4.69, 9.17) is 10.5 Å². The second kappa shape index (κ2) is 7.67. The molecule has 0 radical (unpaired) electrons. The van der Waals surface area contributed by atoms with Crippen molar-refractivity contribution < 1.29 is 9.13 Å². The molecule has 128 valence electrons. The second-order valence-electron chi connectivity index (χ2n) is 6.52. The number of piperidine rings is 1. The van der Waals surface area contributed by atoms with Crippen LogP contribution in [0.4, 0.5) is 10.1 Å². The molecule has 0 saturated carbocycles. The van der Waals surface area contributed by atoms with Gasteiger partial charge in [-0.2, -0.15) is 0 Å². The fourth-order valence-electron chi connectivity index (χ4n) is 3.48. The normalized spacial score (nSPS) is 20.9. The molecule has 1 aliphatic rings. The van der Waals surface area contributed by atoms with Crippen LogP contribution >= 0.6 is 0 Å². The first kappa shape index (κ1) is 16.8. The predicted molar refractivity (Wildman–Crippen MR) is 96.0 cm³/mol. The Morgan fingerprint density at radius 1 is 1.08 bits per heavy atom.